The lowest BCUT2D eigenvalue weighted by Crippen LogP contribution is -2.57. The molecule has 13 heteroatoms. The van der Waals surface area contributed by atoms with Crippen LogP contribution in [0.1, 0.15) is 18.2 Å². The molecule has 1 heterocycles. The molecule has 184 valence electrons. The molecule has 0 bridgehead atoms. The number of H-pyrrole nitrogens is 1. The highest BCUT2D eigenvalue weighted by atomic mass is 16.4. The van der Waals surface area contributed by atoms with Crippen molar-refractivity contribution in [2.24, 2.45) is 5.73 Å². The minimum Gasteiger partial charge on any atom is -0.508 e. The third kappa shape index (κ3) is 7.86. The molecule has 34 heavy (non-hydrogen) atoms. The topological polar surface area (TPSA) is 220 Å². The van der Waals surface area contributed by atoms with E-state index in [1.54, 1.807) is 12.1 Å². The summed E-state index contributed by atoms with van der Waals surface area (Å²) in [7, 11) is 0. The number of nitrogens with one attached hydrogen (secondary N) is 4. The number of hydrogen-bond donors (Lipinski definition) is 8. The Bertz CT molecular complexity index is 980. The van der Waals surface area contributed by atoms with Crippen LogP contribution < -0.4 is 21.7 Å². The predicted octanol–water partition coefficient (Wildman–Crippen LogP) is -2.22. The summed E-state index contributed by atoms with van der Waals surface area (Å²) in [6.07, 6.45) is 2.88. The van der Waals surface area contributed by atoms with Crippen molar-refractivity contribution in [1.82, 2.24) is 25.9 Å². The first-order valence-electron chi connectivity index (χ1n) is 10.4. The zero-order valence-electron chi connectivity index (χ0n) is 18.4. The Kier molecular flexibility index (Phi) is 9.52. The van der Waals surface area contributed by atoms with Gasteiger partial charge in [0.1, 0.15) is 23.9 Å². The molecule has 0 aliphatic carbocycles. The number of aromatic hydroxyl groups is 1. The van der Waals surface area contributed by atoms with Crippen LogP contribution in [0.2, 0.25) is 0 Å². The quantitative estimate of drug-likeness (QED) is 0.166. The normalized spacial score (nSPS) is 14.3. The number of phenolic OH excluding ortho intramolecular Hbond substituents is 1. The van der Waals surface area contributed by atoms with E-state index >= 15 is 0 Å². The second kappa shape index (κ2) is 12.3. The summed E-state index contributed by atoms with van der Waals surface area (Å²) in [5.41, 5.74) is 7.04. The van der Waals surface area contributed by atoms with Gasteiger partial charge in [-0.05, 0) is 31.0 Å². The van der Waals surface area contributed by atoms with Crippen molar-refractivity contribution < 1.29 is 34.5 Å². The van der Waals surface area contributed by atoms with Crippen molar-refractivity contribution in [3.8, 4) is 5.75 Å². The van der Waals surface area contributed by atoms with Crippen LogP contribution in [0.15, 0.2) is 36.8 Å². The predicted molar refractivity (Wildman–Crippen MR) is 118 cm³/mol. The van der Waals surface area contributed by atoms with E-state index < -0.39 is 54.5 Å². The van der Waals surface area contributed by atoms with Gasteiger partial charge >= 0.3 is 5.97 Å². The second-order valence-corrected chi connectivity index (χ2v) is 7.63. The summed E-state index contributed by atoms with van der Waals surface area (Å²) in [6.45, 7) is 0.574. The van der Waals surface area contributed by atoms with Crippen LogP contribution in [-0.2, 0) is 32.0 Å². The lowest BCUT2D eigenvalue weighted by molar-refractivity contribution is -0.142. The number of nitrogens with zero attached hydrogens (tertiary/aromatic N) is 1. The number of aliphatic hydroxyl groups excluding tert-OH is 1. The molecule has 0 aliphatic heterocycles. The Labute approximate surface area is 194 Å². The molecule has 1 aromatic heterocycles. The van der Waals surface area contributed by atoms with Crippen LogP contribution >= 0.6 is 0 Å². The van der Waals surface area contributed by atoms with Gasteiger partial charge in [0.15, 0.2) is 0 Å². The number of aromatic amines is 1. The molecule has 0 radical (unpaired) electrons. The number of hydrogen-bond acceptors (Lipinski definition) is 8. The zero-order valence-corrected chi connectivity index (χ0v) is 18.4. The van der Waals surface area contributed by atoms with Gasteiger partial charge in [0.05, 0.1) is 19.0 Å². The first kappa shape index (κ1) is 26.3. The summed E-state index contributed by atoms with van der Waals surface area (Å²) in [6, 6.07) is 1.23. The fourth-order valence-corrected chi connectivity index (χ4v) is 2.94. The van der Waals surface area contributed by atoms with Gasteiger partial charge in [0, 0.05) is 18.3 Å². The monoisotopic (exact) mass is 476 g/mol. The molecule has 0 saturated heterocycles. The van der Waals surface area contributed by atoms with Gasteiger partial charge in [-0.1, -0.05) is 12.1 Å². The second-order valence-electron chi connectivity index (χ2n) is 7.63. The highest BCUT2D eigenvalue weighted by molar-refractivity contribution is 5.94. The van der Waals surface area contributed by atoms with Crippen LogP contribution in [-0.4, -0.2) is 79.8 Å². The van der Waals surface area contributed by atoms with Crippen molar-refractivity contribution in [1.29, 1.82) is 0 Å². The number of aliphatic hydroxyl groups is 1. The van der Waals surface area contributed by atoms with E-state index in [0.29, 0.717) is 11.3 Å². The van der Waals surface area contributed by atoms with Crippen LogP contribution in [0.5, 0.6) is 5.75 Å². The summed E-state index contributed by atoms with van der Waals surface area (Å²) in [5, 5.41) is 35.1. The number of nitrogens with two attached hydrogens (primary N) is 1. The highest BCUT2D eigenvalue weighted by Crippen LogP contribution is 2.11. The van der Waals surface area contributed by atoms with Gasteiger partial charge in [0.25, 0.3) is 0 Å². The first-order valence-corrected chi connectivity index (χ1v) is 10.4. The molecule has 0 fully saturated rings. The van der Waals surface area contributed by atoms with E-state index in [0.717, 1.165) is 0 Å². The molecular formula is C21H28N6O7. The lowest BCUT2D eigenvalue weighted by Gasteiger charge is -2.22. The molecule has 9 N–H and O–H groups in total. The smallest absolute Gasteiger partial charge is 0.326 e. The number of imidazole rings is 1. The number of carbonyl (C=O) groups is 4. The zero-order chi connectivity index (χ0) is 25.3. The van der Waals surface area contributed by atoms with Crippen LogP contribution in [0.4, 0.5) is 0 Å². The van der Waals surface area contributed by atoms with E-state index in [1.807, 2.05) is 0 Å². The fraction of sp³-hybridized carbons (Fsp3) is 0.381. The Hall–Kier alpha value is -3.97. The van der Waals surface area contributed by atoms with Crippen molar-refractivity contribution in [2.45, 2.75) is 43.9 Å². The lowest BCUT2D eigenvalue weighted by atomic mass is 10.1. The third-order valence-electron chi connectivity index (χ3n) is 4.89. The van der Waals surface area contributed by atoms with E-state index in [2.05, 4.69) is 25.9 Å². The fourth-order valence-electron chi connectivity index (χ4n) is 2.94. The van der Waals surface area contributed by atoms with E-state index in [1.165, 1.54) is 31.6 Å². The van der Waals surface area contributed by atoms with Gasteiger partial charge in [-0.2, -0.15) is 0 Å². The molecule has 2 rings (SSSR count). The SMILES string of the molecule is CC(NC(=O)C(CO)NC(=O)C(N)Cc1ccc(O)cc1)C(=O)NC(Cc1cnc[nH]1)C(=O)O. The van der Waals surface area contributed by atoms with E-state index in [-0.39, 0.29) is 18.6 Å². The van der Waals surface area contributed by atoms with Crippen LogP contribution in [0.3, 0.4) is 0 Å². The molecule has 13 nitrogen and oxygen atoms in total. The number of aromatic nitrogens is 2. The molecule has 3 amide bonds. The van der Waals surface area contributed by atoms with Crippen molar-refractivity contribution in [2.75, 3.05) is 6.61 Å². The molecule has 0 saturated carbocycles. The molecule has 1 aromatic carbocycles. The number of phenols is 1. The van der Waals surface area contributed by atoms with Crippen LogP contribution in [0.25, 0.3) is 0 Å². The Balaban J connectivity index is 1.89. The maximum Gasteiger partial charge on any atom is 0.326 e. The molecule has 0 aliphatic rings. The standard InChI is InChI=1S/C21H28N6O7/c1-11(18(30)26-16(21(33)34)7-13-8-23-10-24-13)25-20(32)17(9-28)27-19(31)15(22)6-12-2-4-14(29)5-3-12/h2-5,8,10-11,15-17,28-29H,6-7,9,22H2,1H3,(H,23,24)(H,25,32)(H,26,30)(H,27,31)(H,33,34). The van der Waals surface area contributed by atoms with Crippen LogP contribution in [0, 0.1) is 0 Å². The van der Waals surface area contributed by atoms with E-state index in [9.17, 15) is 34.5 Å². The Morgan fingerprint density at radius 2 is 1.65 bits per heavy atom. The maximum absolute atomic E-state index is 12.5. The molecule has 4 unspecified atom stereocenters. The van der Waals surface area contributed by atoms with Crippen molar-refractivity contribution in [3.05, 3.63) is 48.0 Å². The Morgan fingerprint density at radius 1 is 1.00 bits per heavy atom. The van der Waals surface area contributed by atoms with Gasteiger partial charge in [-0.25, -0.2) is 9.78 Å². The Morgan fingerprint density at radius 3 is 2.21 bits per heavy atom. The third-order valence-corrected chi connectivity index (χ3v) is 4.89. The highest BCUT2D eigenvalue weighted by Gasteiger charge is 2.28. The number of amides is 3. The molecule has 2 aromatic rings. The first-order chi connectivity index (χ1) is 16.1. The average Bonchev–Trinajstić information content (AvgIpc) is 3.31. The van der Waals surface area contributed by atoms with Gasteiger partial charge in [0.2, 0.25) is 17.7 Å². The number of carbonyl (C=O) groups excluding carboxylic acids is 3. The molecule has 0 spiro atoms. The number of benzene rings is 1. The summed E-state index contributed by atoms with van der Waals surface area (Å²) in [5.74, 6) is -3.54. The minimum atomic E-state index is -1.38. The summed E-state index contributed by atoms with van der Waals surface area (Å²) < 4.78 is 0. The maximum atomic E-state index is 12.5. The molecular weight excluding hydrogens is 448 g/mol. The molecule has 4 atom stereocenters. The minimum absolute atomic E-state index is 0.0457. The number of carboxylic acids is 1. The largest absolute Gasteiger partial charge is 0.508 e. The summed E-state index contributed by atoms with van der Waals surface area (Å²) in [4.78, 5) is 55.2. The summed E-state index contributed by atoms with van der Waals surface area (Å²) >= 11 is 0. The van der Waals surface area contributed by atoms with Gasteiger partial charge in [-0.15, -0.1) is 0 Å². The van der Waals surface area contributed by atoms with Crippen molar-refractivity contribution >= 4 is 23.7 Å². The van der Waals surface area contributed by atoms with Gasteiger partial charge in [-0.3, -0.25) is 14.4 Å². The average molecular weight is 476 g/mol. The number of carboxylic acid groups (broad SMARTS) is 1. The number of rotatable bonds is 12. The number of aliphatic carboxylic acids is 1. The van der Waals surface area contributed by atoms with E-state index in [4.69, 9.17) is 5.73 Å². The van der Waals surface area contributed by atoms with Gasteiger partial charge < -0.3 is 42.0 Å². The van der Waals surface area contributed by atoms with Crippen molar-refractivity contribution in [3.63, 3.8) is 0 Å².